The van der Waals surface area contributed by atoms with Crippen molar-refractivity contribution in [3.8, 4) is 11.5 Å². The second kappa shape index (κ2) is 9.60. The topological polar surface area (TPSA) is 47.0 Å². The fourth-order valence-corrected chi connectivity index (χ4v) is 4.42. The van der Waals surface area contributed by atoms with Crippen LogP contribution in [0.5, 0.6) is 11.5 Å². The minimum atomic E-state index is 0.232. The van der Waals surface area contributed by atoms with Crippen LogP contribution in [0.3, 0.4) is 0 Å². The first-order chi connectivity index (χ1) is 12.8. The van der Waals surface area contributed by atoms with E-state index >= 15 is 0 Å². The summed E-state index contributed by atoms with van der Waals surface area (Å²) in [6, 6.07) is 5.18. The lowest BCUT2D eigenvalue weighted by molar-refractivity contribution is -0.934. The molecule has 0 aromatic heterocycles. The number of likely N-dealkylation sites (N-methyl/N-ethyl adjacent to an activating group) is 1. The number of nitrogens with one attached hydrogen (secondary N) is 3. The summed E-state index contributed by atoms with van der Waals surface area (Å²) in [5.41, 5.74) is 2.69. The van der Waals surface area contributed by atoms with Gasteiger partial charge in [-0.05, 0) is 56.6 Å². The van der Waals surface area contributed by atoms with Crippen LogP contribution < -0.4 is 25.0 Å². The van der Waals surface area contributed by atoms with Crippen LogP contribution >= 0.6 is 12.2 Å². The molecular weight excluding hydrogens is 358 g/mol. The number of hydrogen-bond donors (Lipinski definition) is 3. The fourth-order valence-electron chi connectivity index (χ4n) is 4.05. The molecule has 0 spiro atoms. The maximum Gasteiger partial charge on any atom is 0.166 e. The molecule has 0 radical (unpaired) electrons. The Morgan fingerprint density at radius 1 is 1.15 bits per heavy atom. The maximum atomic E-state index is 5.60. The Balaban J connectivity index is 2.46. The molecule has 1 aromatic rings. The van der Waals surface area contributed by atoms with Crippen LogP contribution in [0, 0.1) is 5.92 Å². The van der Waals surface area contributed by atoms with Gasteiger partial charge in [0.2, 0.25) is 0 Å². The maximum absolute atomic E-state index is 5.60. The lowest BCUT2D eigenvalue weighted by atomic mass is 9.83. The minimum Gasteiger partial charge on any atom is -0.493 e. The molecule has 6 heteroatoms. The van der Waals surface area contributed by atoms with Crippen molar-refractivity contribution in [1.29, 1.82) is 0 Å². The molecule has 1 aromatic carbocycles. The summed E-state index contributed by atoms with van der Waals surface area (Å²) in [6.45, 7) is 13.2. The van der Waals surface area contributed by atoms with Crippen molar-refractivity contribution in [3.05, 3.63) is 23.3 Å². The van der Waals surface area contributed by atoms with Crippen molar-refractivity contribution in [1.82, 2.24) is 10.6 Å². The summed E-state index contributed by atoms with van der Waals surface area (Å²) in [4.78, 5) is 1.58. The van der Waals surface area contributed by atoms with E-state index in [0.29, 0.717) is 18.0 Å². The SMILES string of the molecule is CC[NH+]1CCc2cc(OC)c(OC)cc2[C@H]1[C@H](NC(=S)NC(C)C)C(C)C. The van der Waals surface area contributed by atoms with E-state index in [4.69, 9.17) is 21.7 Å². The Morgan fingerprint density at radius 2 is 1.78 bits per heavy atom. The van der Waals surface area contributed by atoms with Gasteiger partial charge in [-0.25, -0.2) is 0 Å². The number of hydrogen-bond acceptors (Lipinski definition) is 3. The highest BCUT2D eigenvalue weighted by Gasteiger charge is 2.39. The van der Waals surface area contributed by atoms with Crippen molar-refractivity contribution in [2.45, 2.75) is 59.2 Å². The van der Waals surface area contributed by atoms with Gasteiger partial charge in [0.25, 0.3) is 0 Å². The van der Waals surface area contributed by atoms with Gasteiger partial charge in [0.05, 0.1) is 33.4 Å². The zero-order valence-electron chi connectivity index (χ0n) is 17.8. The molecule has 3 atom stereocenters. The van der Waals surface area contributed by atoms with Crippen molar-refractivity contribution >= 4 is 17.3 Å². The van der Waals surface area contributed by atoms with Gasteiger partial charge >= 0.3 is 0 Å². The quantitative estimate of drug-likeness (QED) is 0.619. The average Bonchev–Trinajstić information content (AvgIpc) is 2.63. The zero-order chi connectivity index (χ0) is 20.1. The smallest absolute Gasteiger partial charge is 0.166 e. The Kier molecular flexibility index (Phi) is 7.74. The van der Waals surface area contributed by atoms with Crippen LogP contribution in [0.25, 0.3) is 0 Å². The predicted octanol–water partition coefficient (Wildman–Crippen LogP) is 2.10. The van der Waals surface area contributed by atoms with Crippen LogP contribution in [0.2, 0.25) is 0 Å². The first kappa shape index (κ1) is 21.8. The summed E-state index contributed by atoms with van der Waals surface area (Å²) in [5.74, 6) is 2.03. The zero-order valence-corrected chi connectivity index (χ0v) is 18.6. The molecule has 2 rings (SSSR count). The van der Waals surface area contributed by atoms with Crippen LogP contribution in [-0.2, 0) is 6.42 Å². The molecule has 3 N–H and O–H groups in total. The van der Waals surface area contributed by atoms with Gasteiger partial charge < -0.3 is 25.0 Å². The van der Waals surface area contributed by atoms with Crippen LogP contribution in [-0.4, -0.2) is 44.5 Å². The second-order valence-electron chi connectivity index (χ2n) is 7.94. The van der Waals surface area contributed by atoms with Crippen molar-refractivity contribution in [2.24, 2.45) is 5.92 Å². The summed E-state index contributed by atoms with van der Waals surface area (Å²) in [5, 5.41) is 7.68. The summed E-state index contributed by atoms with van der Waals surface area (Å²) in [6.07, 6.45) is 1.05. The molecule has 152 valence electrons. The number of benzene rings is 1. The predicted molar refractivity (Wildman–Crippen MR) is 115 cm³/mol. The third-order valence-electron chi connectivity index (χ3n) is 5.38. The van der Waals surface area contributed by atoms with E-state index in [9.17, 15) is 0 Å². The van der Waals surface area contributed by atoms with E-state index in [1.54, 1.807) is 19.1 Å². The molecule has 27 heavy (non-hydrogen) atoms. The normalized spacial score (nSPS) is 20.2. The second-order valence-corrected chi connectivity index (χ2v) is 8.35. The van der Waals surface area contributed by atoms with Gasteiger partial charge in [0.1, 0.15) is 6.04 Å². The summed E-state index contributed by atoms with van der Waals surface area (Å²) >= 11 is 5.58. The van der Waals surface area contributed by atoms with E-state index in [2.05, 4.69) is 57.4 Å². The molecule has 0 amide bonds. The largest absolute Gasteiger partial charge is 0.493 e. The third kappa shape index (κ3) is 5.05. The Labute approximate surface area is 169 Å². The van der Waals surface area contributed by atoms with Crippen molar-refractivity contribution in [3.63, 3.8) is 0 Å². The lowest BCUT2D eigenvalue weighted by Crippen LogP contribution is -3.14. The van der Waals surface area contributed by atoms with Crippen LogP contribution in [0.4, 0.5) is 0 Å². The van der Waals surface area contributed by atoms with Crippen molar-refractivity contribution in [2.75, 3.05) is 27.3 Å². The summed E-state index contributed by atoms with van der Waals surface area (Å²) < 4.78 is 11.1. The number of quaternary nitrogens is 1. The first-order valence-electron chi connectivity index (χ1n) is 9.98. The molecule has 0 aliphatic carbocycles. The number of thiocarbonyl (C=S) groups is 1. The Hall–Kier alpha value is -1.53. The van der Waals surface area contributed by atoms with Gasteiger partial charge in [0, 0.05) is 18.0 Å². The molecule has 0 saturated carbocycles. The monoisotopic (exact) mass is 394 g/mol. The fraction of sp³-hybridized carbons (Fsp3) is 0.667. The third-order valence-corrected chi connectivity index (χ3v) is 5.62. The van der Waals surface area contributed by atoms with Crippen molar-refractivity contribution < 1.29 is 14.4 Å². The number of fused-ring (bicyclic) bond motifs is 1. The highest BCUT2D eigenvalue weighted by molar-refractivity contribution is 7.80. The summed E-state index contributed by atoms with van der Waals surface area (Å²) in [7, 11) is 3.40. The molecular formula is C21H36N3O2S+. The molecule has 5 nitrogen and oxygen atoms in total. The van der Waals surface area contributed by atoms with E-state index in [0.717, 1.165) is 36.1 Å². The number of rotatable bonds is 7. The van der Waals surface area contributed by atoms with Gasteiger partial charge in [-0.1, -0.05) is 13.8 Å². The minimum absolute atomic E-state index is 0.232. The molecule has 0 saturated heterocycles. The molecule has 1 heterocycles. The van der Waals surface area contributed by atoms with Crippen LogP contribution in [0.15, 0.2) is 12.1 Å². The molecule has 0 bridgehead atoms. The van der Waals surface area contributed by atoms with Gasteiger partial charge in [-0.3, -0.25) is 0 Å². The Bertz CT molecular complexity index is 649. The molecule has 1 aliphatic rings. The van der Waals surface area contributed by atoms with Gasteiger partial charge in [-0.2, -0.15) is 0 Å². The van der Waals surface area contributed by atoms with Gasteiger partial charge in [0.15, 0.2) is 16.6 Å². The number of ether oxygens (including phenoxy) is 2. The first-order valence-corrected chi connectivity index (χ1v) is 10.4. The Morgan fingerprint density at radius 3 is 2.30 bits per heavy atom. The van der Waals surface area contributed by atoms with E-state index in [-0.39, 0.29) is 6.04 Å². The molecule has 0 fully saturated rings. The molecule has 1 unspecified atom stereocenters. The van der Waals surface area contributed by atoms with E-state index < -0.39 is 0 Å². The molecule has 1 aliphatic heterocycles. The van der Waals surface area contributed by atoms with E-state index in [1.807, 2.05) is 0 Å². The van der Waals surface area contributed by atoms with Crippen LogP contribution in [0.1, 0.15) is 51.8 Å². The van der Waals surface area contributed by atoms with Gasteiger partial charge in [-0.15, -0.1) is 0 Å². The van der Waals surface area contributed by atoms with E-state index in [1.165, 1.54) is 11.1 Å². The average molecular weight is 395 g/mol. The lowest BCUT2D eigenvalue weighted by Gasteiger charge is -2.41. The highest BCUT2D eigenvalue weighted by atomic mass is 32.1. The number of methoxy groups -OCH3 is 2. The standard InChI is InChI=1S/C21H35N3O2S/c1-8-24-10-9-15-11-17(25-6)18(26-7)12-16(15)20(24)19(13(2)3)23-21(27)22-14(4)5/h11-14,19-20H,8-10H2,1-7H3,(H2,22,23,27)/p+1/t19-,20+/m1/s1. The highest BCUT2D eigenvalue weighted by Crippen LogP contribution is 2.35.